The average molecular weight is 453 g/mol. The molecule has 0 saturated heterocycles. The van der Waals surface area contributed by atoms with Crippen LogP contribution in [0.15, 0.2) is 77.8 Å². The Labute approximate surface area is 179 Å². The van der Waals surface area contributed by atoms with Gasteiger partial charge in [0.25, 0.3) is 0 Å². The number of alkyl halides is 3. The molecule has 0 amide bonds. The maximum atomic E-state index is 12.7. The second-order valence-corrected chi connectivity index (χ2v) is 6.81. The number of hydroxylamine groups is 1. The highest BCUT2D eigenvalue weighted by atomic mass is 35.5. The van der Waals surface area contributed by atoms with Gasteiger partial charge in [0.15, 0.2) is 5.84 Å². The first kappa shape index (κ1) is 21.7. The number of halogens is 5. The van der Waals surface area contributed by atoms with Crippen LogP contribution >= 0.6 is 23.2 Å². The Morgan fingerprint density at radius 3 is 2.13 bits per heavy atom. The normalized spacial score (nSPS) is 11.8. The minimum Gasteiger partial charge on any atom is -0.336 e. The molecule has 0 heterocycles. The van der Waals surface area contributed by atoms with Gasteiger partial charge in [-0.15, -0.1) is 0 Å². The molecule has 3 aromatic carbocycles. The number of benzene rings is 3. The molecule has 0 saturated carbocycles. The van der Waals surface area contributed by atoms with E-state index in [1.807, 2.05) is 0 Å². The van der Waals surface area contributed by atoms with Crippen molar-refractivity contribution in [3.63, 3.8) is 0 Å². The van der Waals surface area contributed by atoms with Gasteiger partial charge in [-0.2, -0.15) is 18.7 Å². The first-order valence-corrected chi connectivity index (χ1v) is 9.23. The van der Waals surface area contributed by atoms with Crippen molar-refractivity contribution < 1.29 is 22.8 Å². The van der Waals surface area contributed by atoms with Gasteiger partial charge >= 0.3 is 12.1 Å². The van der Waals surface area contributed by atoms with Crippen LogP contribution in [0.5, 0.6) is 0 Å². The summed E-state index contributed by atoms with van der Waals surface area (Å²) in [6, 6.07) is 17.2. The fourth-order valence-corrected chi connectivity index (χ4v) is 2.67. The van der Waals surface area contributed by atoms with E-state index in [2.05, 4.69) is 10.5 Å². The summed E-state index contributed by atoms with van der Waals surface area (Å²) in [6.45, 7) is 0. The maximum Gasteiger partial charge on any atom is 0.416 e. The standard InChI is InChI=1S/C21H13Cl2F3N2O2/c22-17-11-10-16(12-18(17)23)27-19(13-4-2-1-3-5-13)28-30-20(29)14-6-8-15(9-7-14)21(24,25)26/h1-12H,(H,27,28). The van der Waals surface area contributed by atoms with E-state index in [0.29, 0.717) is 21.3 Å². The van der Waals surface area contributed by atoms with Crippen molar-refractivity contribution in [2.45, 2.75) is 6.18 Å². The van der Waals surface area contributed by atoms with E-state index in [1.54, 1.807) is 42.5 Å². The summed E-state index contributed by atoms with van der Waals surface area (Å²) < 4.78 is 38.0. The van der Waals surface area contributed by atoms with Gasteiger partial charge in [0, 0.05) is 5.56 Å². The zero-order valence-corrected chi connectivity index (χ0v) is 16.6. The second kappa shape index (κ2) is 9.19. The second-order valence-electron chi connectivity index (χ2n) is 5.99. The first-order chi connectivity index (χ1) is 14.2. The highest BCUT2D eigenvalue weighted by molar-refractivity contribution is 6.42. The lowest BCUT2D eigenvalue weighted by molar-refractivity contribution is -0.137. The molecule has 0 radical (unpaired) electrons. The quantitative estimate of drug-likeness (QED) is 0.282. The fourth-order valence-electron chi connectivity index (χ4n) is 2.37. The van der Waals surface area contributed by atoms with E-state index in [0.717, 1.165) is 24.3 Å². The number of amidine groups is 1. The lowest BCUT2D eigenvalue weighted by Gasteiger charge is -2.11. The van der Waals surface area contributed by atoms with E-state index in [4.69, 9.17) is 28.0 Å². The molecule has 0 atom stereocenters. The van der Waals surface area contributed by atoms with E-state index in [9.17, 15) is 18.0 Å². The van der Waals surface area contributed by atoms with E-state index >= 15 is 0 Å². The van der Waals surface area contributed by atoms with Crippen LogP contribution in [0.25, 0.3) is 0 Å². The average Bonchev–Trinajstić information content (AvgIpc) is 2.73. The molecule has 3 rings (SSSR count). The van der Waals surface area contributed by atoms with Crippen LogP contribution in [0.4, 0.5) is 18.9 Å². The van der Waals surface area contributed by atoms with Crippen LogP contribution in [-0.4, -0.2) is 11.8 Å². The monoisotopic (exact) mass is 452 g/mol. The van der Waals surface area contributed by atoms with Gasteiger partial charge in [-0.25, -0.2) is 9.79 Å². The summed E-state index contributed by atoms with van der Waals surface area (Å²) >= 11 is 11.9. The largest absolute Gasteiger partial charge is 0.416 e. The van der Waals surface area contributed by atoms with Gasteiger partial charge in [-0.1, -0.05) is 53.5 Å². The molecule has 4 nitrogen and oxygen atoms in total. The molecule has 154 valence electrons. The van der Waals surface area contributed by atoms with Gasteiger partial charge in [-0.05, 0) is 42.5 Å². The molecule has 0 unspecified atom stereocenters. The van der Waals surface area contributed by atoms with Crippen molar-refractivity contribution in [1.29, 1.82) is 0 Å². The number of nitrogens with one attached hydrogen (secondary N) is 1. The molecule has 0 bridgehead atoms. The summed E-state index contributed by atoms with van der Waals surface area (Å²) in [5.74, 6) is -0.684. The molecular formula is C21H13Cl2F3N2O2. The molecule has 0 aliphatic heterocycles. The van der Waals surface area contributed by atoms with Gasteiger partial charge in [-0.3, -0.25) is 0 Å². The number of nitrogens with zero attached hydrogens (tertiary/aromatic N) is 1. The number of aliphatic imine (C=N–C) groups is 1. The summed E-state index contributed by atoms with van der Waals surface area (Å²) in [6.07, 6.45) is -4.49. The molecule has 0 spiro atoms. The Morgan fingerprint density at radius 1 is 0.867 bits per heavy atom. The Hall–Kier alpha value is -3.03. The fraction of sp³-hybridized carbons (Fsp3) is 0.0476. The van der Waals surface area contributed by atoms with Gasteiger partial charge < -0.3 is 4.84 Å². The Balaban J connectivity index is 1.81. The lowest BCUT2D eigenvalue weighted by Crippen LogP contribution is -2.28. The molecule has 0 fully saturated rings. The first-order valence-electron chi connectivity index (χ1n) is 8.47. The highest BCUT2D eigenvalue weighted by Gasteiger charge is 2.30. The van der Waals surface area contributed by atoms with Crippen molar-refractivity contribution in [1.82, 2.24) is 5.48 Å². The molecule has 0 aliphatic carbocycles. The Bertz CT molecular complexity index is 1070. The summed E-state index contributed by atoms with van der Waals surface area (Å²) in [4.78, 5) is 21.6. The highest BCUT2D eigenvalue weighted by Crippen LogP contribution is 2.29. The third-order valence-corrected chi connectivity index (χ3v) is 4.62. The molecule has 0 aliphatic rings. The topological polar surface area (TPSA) is 50.7 Å². The summed E-state index contributed by atoms with van der Waals surface area (Å²) in [5.41, 5.74) is 2.59. The lowest BCUT2D eigenvalue weighted by atomic mass is 10.1. The van der Waals surface area contributed by atoms with Gasteiger partial charge in [0.05, 0.1) is 26.9 Å². The molecule has 9 heteroatoms. The van der Waals surface area contributed by atoms with Crippen molar-refractivity contribution >= 4 is 40.7 Å². The zero-order valence-electron chi connectivity index (χ0n) is 15.1. The Kier molecular flexibility index (Phi) is 6.64. The molecule has 3 aromatic rings. The molecular weight excluding hydrogens is 440 g/mol. The summed E-state index contributed by atoms with van der Waals surface area (Å²) in [5, 5.41) is 0.658. The third-order valence-electron chi connectivity index (χ3n) is 3.88. The molecule has 30 heavy (non-hydrogen) atoms. The van der Waals surface area contributed by atoms with Crippen molar-refractivity contribution in [3.8, 4) is 0 Å². The van der Waals surface area contributed by atoms with Crippen LogP contribution in [-0.2, 0) is 11.0 Å². The van der Waals surface area contributed by atoms with Gasteiger partial charge in [0.2, 0.25) is 0 Å². The smallest absolute Gasteiger partial charge is 0.336 e. The predicted octanol–water partition coefficient (Wildman–Crippen LogP) is 6.45. The molecule has 1 N–H and O–H groups in total. The van der Waals surface area contributed by atoms with Crippen molar-refractivity contribution in [2.24, 2.45) is 4.99 Å². The number of rotatable bonds is 3. The van der Waals surface area contributed by atoms with Crippen LogP contribution in [0.3, 0.4) is 0 Å². The van der Waals surface area contributed by atoms with E-state index in [1.165, 1.54) is 6.07 Å². The Morgan fingerprint density at radius 2 is 1.53 bits per heavy atom. The molecule has 0 aromatic heterocycles. The third kappa shape index (κ3) is 5.52. The van der Waals surface area contributed by atoms with Crippen LogP contribution in [0.2, 0.25) is 10.0 Å². The summed E-state index contributed by atoms with van der Waals surface area (Å²) in [7, 11) is 0. The van der Waals surface area contributed by atoms with Crippen molar-refractivity contribution in [3.05, 3.63) is 99.5 Å². The number of hydrogen-bond acceptors (Lipinski definition) is 3. The van der Waals surface area contributed by atoms with E-state index < -0.39 is 17.7 Å². The minimum atomic E-state index is -4.49. The van der Waals surface area contributed by atoms with Gasteiger partial charge in [0.1, 0.15) is 0 Å². The zero-order chi connectivity index (χ0) is 21.7. The SMILES string of the molecule is O=C(ONC(=Nc1ccc(Cl)c(Cl)c1)c1ccccc1)c1ccc(C(F)(F)F)cc1. The predicted molar refractivity (Wildman–Crippen MR) is 109 cm³/mol. The van der Waals surface area contributed by atoms with Crippen molar-refractivity contribution in [2.75, 3.05) is 0 Å². The number of hydrogen-bond donors (Lipinski definition) is 1. The van der Waals surface area contributed by atoms with Crippen LogP contribution < -0.4 is 5.48 Å². The number of carbonyl (C=O) groups excluding carboxylic acids is 1. The van der Waals surface area contributed by atoms with Crippen LogP contribution in [0, 0.1) is 0 Å². The minimum absolute atomic E-state index is 0.0579. The number of carbonyl (C=O) groups is 1. The van der Waals surface area contributed by atoms with Crippen LogP contribution in [0.1, 0.15) is 21.5 Å². The maximum absolute atomic E-state index is 12.7. The van der Waals surface area contributed by atoms with E-state index in [-0.39, 0.29) is 11.4 Å².